The Morgan fingerprint density at radius 2 is 1.08 bits per heavy atom. The van der Waals surface area contributed by atoms with E-state index < -0.39 is 242 Å². The number of phenols is 1. The maximum absolute atomic E-state index is 15.7. The molecule has 0 spiro atoms. The number of carbonyl (C=O) groups is 16. The van der Waals surface area contributed by atoms with E-state index in [4.69, 9.17) is 28.3 Å². The third-order valence-electron chi connectivity index (χ3n) is 22.9. The van der Waals surface area contributed by atoms with Gasteiger partial charge in [-0.3, -0.25) is 82.1 Å². The van der Waals surface area contributed by atoms with Gasteiger partial charge in [0.05, 0.1) is 50.5 Å². The number of hydrogen-bond acceptors (Lipinski definition) is 25. The fraction of sp³-hybridized carbons (Fsp3) is 0.512. The largest absolute Gasteiger partial charge is 0.508 e. The number of imidazole rings is 1. The molecule has 5 heterocycles. The highest BCUT2D eigenvalue weighted by Crippen LogP contribution is 2.27. The molecule has 45 nitrogen and oxygen atoms in total. The summed E-state index contributed by atoms with van der Waals surface area (Å²) in [5.41, 5.74) is 25.4. The lowest BCUT2D eigenvalue weighted by molar-refractivity contribution is -0.149. The molecule has 2 saturated heterocycles. The van der Waals surface area contributed by atoms with Gasteiger partial charge in [0.15, 0.2) is 5.96 Å². The smallest absolute Gasteiger partial charge is 0.248 e. The second-order valence-electron chi connectivity index (χ2n) is 32.5. The second kappa shape index (κ2) is 50.8. The number of amides is 16. The van der Waals surface area contributed by atoms with Crippen LogP contribution >= 0.6 is 11.8 Å². The monoisotopic (exact) mass is 1860 g/mol. The van der Waals surface area contributed by atoms with Crippen LogP contribution in [0.1, 0.15) is 113 Å². The van der Waals surface area contributed by atoms with E-state index in [0.29, 0.717) is 76.3 Å². The van der Waals surface area contributed by atoms with Gasteiger partial charge in [-0.2, -0.15) is 0 Å². The molecule has 8 rings (SSSR count). The highest BCUT2D eigenvalue weighted by Gasteiger charge is 2.46. The van der Waals surface area contributed by atoms with Crippen LogP contribution in [0.3, 0.4) is 0 Å². The summed E-state index contributed by atoms with van der Waals surface area (Å²) in [6.07, 6.45) is 4.45. The van der Waals surface area contributed by atoms with Gasteiger partial charge in [0, 0.05) is 125 Å². The molecule has 2 aliphatic rings. The fourth-order valence-corrected chi connectivity index (χ4v) is 16.5. The van der Waals surface area contributed by atoms with Gasteiger partial charge in [0.1, 0.15) is 84.3 Å². The zero-order valence-corrected chi connectivity index (χ0v) is 74.9. The normalized spacial score (nSPS) is 16.9. The van der Waals surface area contributed by atoms with Crippen molar-refractivity contribution in [2.24, 2.45) is 22.9 Å². The Morgan fingerprint density at radius 3 is 1.66 bits per heavy atom. The quantitative estimate of drug-likeness (QED) is 0.00961. The molecule has 132 heavy (non-hydrogen) atoms. The Hall–Kier alpha value is -13.3. The number of aromatic hydroxyl groups is 1. The van der Waals surface area contributed by atoms with Crippen LogP contribution in [-0.4, -0.2) is 328 Å². The summed E-state index contributed by atoms with van der Waals surface area (Å²) < 4.78 is 0. The Balaban J connectivity index is 1.02. The maximum Gasteiger partial charge on any atom is 0.248 e. The number of phenolic OH excluding ortho intramolecular Hbond substituents is 1. The minimum Gasteiger partial charge on any atom is -0.508 e. The molecule has 3 aromatic heterocycles. The Kier molecular flexibility index (Phi) is 40.0. The van der Waals surface area contributed by atoms with Crippen molar-refractivity contribution in [2.75, 3.05) is 72.1 Å². The summed E-state index contributed by atoms with van der Waals surface area (Å²) in [5, 5.41) is 90.3. The van der Waals surface area contributed by atoms with Gasteiger partial charge in [-0.15, -0.1) is 11.8 Å². The van der Waals surface area contributed by atoms with E-state index >= 15 is 24.0 Å². The molecular weight excluding hydrogens is 1740 g/mol. The lowest BCUT2D eigenvalue weighted by Gasteiger charge is -2.36. The molecule has 1 unspecified atom stereocenters. The molecule has 2 aliphatic heterocycles. The van der Waals surface area contributed by atoms with E-state index in [1.54, 1.807) is 73.1 Å². The number of likely N-dealkylation sites (N-methyl/N-ethyl adjacent to an activating group) is 3. The first-order valence-corrected chi connectivity index (χ1v) is 44.6. The summed E-state index contributed by atoms with van der Waals surface area (Å²) in [5.74, 6) is -16.0. The molecule has 0 saturated carbocycles. The van der Waals surface area contributed by atoms with Crippen molar-refractivity contribution in [3.05, 3.63) is 120 Å². The van der Waals surface area contributed by atoms with E-state index in [-0.39, 0.29) is 76.6 Å². The number of β-amino-alcohol motifs (C(OH)–C–C–N with tert-alkyl or cyclic N) is 1. The minimum absolute atomic E-state index is 0.00806. The van der Waals surface area contributed by atoms with Crippen LogP contribution in [0.2, 0.25) is 0 Å². The number of hydrogen-bond donors (Lipinski definition) is 24. The summed E-state index contributed by atoms with van der Waals surface area (Å²) >= 11 is 0.816. The Labute approximate surface area is 764 Å². The van der Waals surface area contributed by atoms with Gasteiger partial charge in [-0.1, -0.05) is 88.1 Å². The molecule has 3 aromatic carbocycles. The number of rotatable bonds is 52. The summed E-state index contributed by atoms with van der Waals surface area (Å²) in [6, 6.07) is -1.60. The average Bonchev–Trinajstić information content (AvgIpc) is 1.22. The van der Waals surface area contributed by atoms with Crippen LogP contribution in [0.4, 0.5) is 0 Å². The summed E-state index contributed by atoms with van der Waals surface area (Å²) in [6.45, 7) is 0.00602. The summed E-state index contributed by atoms with van der Waals surface area (Å²) in [4.78, 5) is 245. The first-order chi connectivity index (χ1) is 63.0. The van der Waals surface area contributed by atoms with Gasteiger partial charge >= 0.3 is 0 Å². The lowest BCUT2D eigenvalue weighted by Crippen LogP contribution is -2.62. The molecule has 15 atom stereocenters. The number of likely N-dealkylation sites (tertiary alicyclic amines) is 2. The molecule has 28 N–H and O–H groups in total. The number of unbranched alkanes of at least 4 members (excludes halogenated alkanes) is 2. The number of fused-ring (bicyclic) bond motifs is 2. The van der Waals surface area contributed by atoms with Crippen molar-refractivity contribution < 1.29 is 102 Å². The number of benzene rings is 3. The number of aliphatic hydroxyl groups is 4. The average molecular weight is 1860 g/mol. The third-order valence-corrected chi connectivity index (χ3v) is 23.9. The van der Waals surface area contributed by atoms with Gasteiger partial charge in [0.25, 0.3) is 0 Å². The number of primary amides is 2. The number of H-pyrrole nitrogens is 3. The van der Waals surface area contributed by atoms with E-state index in [0.717, 1.165) is 26.5 Å². The third kappa shape index (κ3) is 29.3. The van der Waals surface area contributed by atoms with Crippen molar-refractivity contribution >= 4 is 134 Å². The Morgan fingerprint density at radius 1 is 0.561 bits per heavy atom. The maximum atomic E-state index is 15.7. The van der Waals surface area contributed by atoms with E-state index in [2.05, 4.69) is 78.4 Å². The molecule has 0 radical (unpaired) electrons. The minimum atomic E-state index is -1.92. The summed E-state index contributed by atoms with van der Waals surface area (Å²) in [7, 11) is 4.02. The van der Waals surface area contributed by atoms with Crippen LogP contribution in [0, 0.1) is 5.41 Å². The number of para-hydroxylation sites is 2. The highest BCUT2D eigenvalue weighted by molar-refractivity contribution is 8.00. The van der Waals surface area contributed by atoms with E-state index in [1.807, 2.05) is 13.8 Å². The number of thioether (sulfide) groups is 1. The predicted molar refractivity (Wildman–Crippen MR) is 481 cm³/mol. The number of nitrogens with zero attached hydrogens (tertiary/aromatic N) is 5. The molecular formula is C86H122N24O21S. The Bertz CT molecular complexity index is 5020. The topological polar surface area (TPSA) is 708 Å². The highest BCUT2D eigenvalue weighted by atomic mass is 32.2. The van der Waals surface area contributed by atoms with Crippen molar-refractivity contribution in [2.45, 2.75) is 207 Å². The first kappa shape index (κ1) is 104. The molecule has 46 heteroatoms. The second-order valence-corrected chi connectivity index (χ2v) is 33.6. The van der Waals surface area contributed by atoms with Crippen molar-refractivity contribution in [3.8, 4) is 5.75 Å². The molecule has 16 amide bonds. The number of aliphatic hydroxyl groups excluding tert-OH is 4. The number of aromatic amines is 3. The van der Waals surface area contributed by atoms with Crippen LogP contribution in [0.5, 0.6) is 5.75 Å². The zero-order chi connectivity index (χ0) is 96.6. The van der Waals surface area contributed by atoms with Crippen molar-refractivity contribution in [3.63, 3.8) is 0 Å². The van der Waals surface area contributed by atoms with Gasteiger partial charge in [-0.25, -0.2) is 4.98 Å². The SMILES string of the molecule is CCCC[C@@H](C(=O)N(C)[C@@H](CCCC)C(=O)N[C@@H](CCCNC(=N)N)C(=O)NC(CSCC(=O)N[C@@H](Cc1ccc(O)cc1)C(=O)NC)C(=O)N[C@@H](CO)C(N)=O)N(C)C(=O)[C@H](Cc1c[nH]c2ccccc12)NC(=O)[C@H](CO)NC(=O)[C@H](Cc1c[nH]c2ccccc12)NC(=O)[C@@H]1C[C@@H](O)CN1C(=O)[C@H](CO)NC(=O)[C@H](Cc1cnc[nH]1)NC(=O)[C@@H]1CCCN1C(=O)[C@@H](N)CC(N)=O. The van der Waals surface area contributed by atoms with Crippen LogP contribution in [0.15, 0.2) is 97.7 Å². The number of guanidine groups is 1. The standard InChI is InChI=1S/C86H122N24O21S/c1-6-8-21-66(79(125)99-57(20-14-28-94-86(90)91)74(120)106-65(78(124)103-62(40-111)72(89)118)43-132-44-71(117)98-58(73(119)92-3)30-46-24-26-50(114)27-25-46)107(4)85(131)68(22-9-7-2)108(5)83(129)61(32-48-37-96-56-19-13-11-17-53(48)56)102-77(123)63(41-112)104-75(121)59(31-47-36-95-55-18-12-10-16-52(47)55)100-81(127)69-34-51(115)39-110(69)84(130)64(42-113)105-76(122)60(33-49-38-93-45-97-49)101-80(126)67-23-15-29-109(67)82(128)54(87)35-70(88)116/h10-13,16-19,24-27,36-38,45,51,54,57-69,95-96,111-115H,6-9,14-15,20-23,28-35,39-44,87H2,1-5H3,(H2,88,116)(H2,89,118)(H,92,119)(H,93,97)(H,98,117)(H,99,125)(H,100,127)(H,101,126)(H,102,123)(H,103,124)(H,104,121)(H,105,122)(H,106,120)(H4,90,91,94)/t51-,54+,57+,58+,59+,60+,61+,62+,63+,64+,65?,66+,67+,68+,69+/m1/s1. The number of nitrogens with two attached hydrogens (primary N) is 4. The first-order valence-electron chi connectivity index (χ1n) is 43.5. The number of aromatic nitrogens is 4. The molecule has 0 aliphatic carbocycles. The lowest BCUT2D eigenvalue weighted by atomic mass is 10.00. The van der Waals surface area contributed by atoms with E-state index in [1.165, 1.54) is 50.7 Å². The van der Waals surface area contributed by atoms with Crippen LogP contribution < -0.4 is 81.4 Å². The number of nitrogens with one attached hydrogen (secondary N) is 15. The van der Waals surface area contributed by atoms with Crippen molar-refractivity contribution in [1.82, 2.24) is 98.0 Å². The molecule has 0 bridgehead atoms. The van der Waals surface area contributed by atoms with Crippen molar-refractivity contribution in [1.29, 1.82) is 5.41 Å². The molecule has 6 aromatic rings. The van der Waals surface area contributed by atoms with Crippen LogP contribution in [-0.2, 0) is 102 Å². The number of carbonyl (C=O) groups excluding carboxylic acids is 16. The molecule has 2 fully saturated rings. The van der Waals surface area contributed by atoms with Gasteiger partial charge in [-0.05, 0) is 79.5 Å². The zero-order valence-electron chi connectivity index (χ0n) is 74.1. The van der Waals surface area contributed by atoms with Gasteiger partial charge in [0.2, 0.25) is 94.5 Å². The fourth-order valence-electron chi connectivity index (χ4n) is 15.7. The van der Waals surface area contributed by atoms with E-state index in [9.17, 15) is 78.3 Å². The molecule has 718 valence electrons. The predicted octanol–water partition coefficient (Wildman–Crippen LogP) is -5.89. The van der Waals surface area contributed by atoms with Crippen LogP contribution in [0.25, 0.3) is 21.8 Å². The van der Waals surface area contributed by atoms with Gasteiger partial charge < -0.3 is 142 Å².